The van der Waals surface area contributed by atoms with Crippen LogP contribution in [0.1, 0.15) is 37.2 Å². The number of sulfonamides is 1. The first-order valence-electron chi connectivity index (χ1n) is 9.05. The van der Waals surface area contributed by atoms with Crippen LogP contribution in [0.2, 0.25) is 0 Å². The average molecular weight is 437 g/mol. The van der Waals surface area contributed by atoms with E-state index in [1.807, 2.05) is 0 Å². The molecule has 0 bridgehead atoms. The van der Waals surface area contributed by atoms with Gasteiger partial charge in [0.1, 0.15) is 11.5 Å². The number of nitro benzene ring substituents is 2. The minimum Gasteiger partial charge on any atom is -0.508 e. The van der Waals surface area contributed by atoms with Crippen molar-refractivity contribution >= 4 is 21.4 Å². The summed E-state index contributed by atoms with van der Waals surface area (Å²) in [7, 11) is -4.27. The van der Waals surface area contributed by atoms with E-state index in [1.54, 1.807) is 6.07 Å². The van der Waals surface area contributed by atoms with E-state index < -0.39 is 42.2 Å². The fraction of sp³-hybridized carbons (Fsp3) is 0.333. The smallest absolute Gasteiger partial charge is 0.296 e. The Labute approximate surface area is 171 Å². The standard InChI is InChI=1S/C18H19N3O8S/c22-14-6-7-15(17(23)10-14)11-1-3-12(4-2-11)19-30(28,29)18-8-5-13(20(24)25)9-16(18)21(26)27/h5-12,19,22-23H,1-4H2. The minimum absolute atomic E-state index is 0.0138. The van der Waals surface area contributed by atoms with E-state index in [2.05, 4.69) is 4.72 Å². The number of hydrogen-bond donors (Lipinski definition) is 3. The molecule has 1 fully saturated rings. The van der Waals surface area contributed by atoms with Crippen LogP contribution in [0.4, 0.5) is 11.4 Å². The van der Waals surface area contributed by atoms with Gasteiger partial charge in [-0.05, 0) is 49.3 Å². The zero-order chi connectivity index (χ0) is 22.1. The Balaban J connectivity index is 1.74. The van der Waals surface area contributed by atoms with Gasteiger partial charge in [0, 0.05) is 18.2 Å². The van der Waals surface area contributed by atoms with Crippen molar-refractivity contribution < 1.29 is 28.5 Å². The largest absolute Gasteiger partial charge is 0.508 e. The predicted octanol–water partition coefficient (Wildman–Crippen LogP) is 2.92. The maximum Gasteiger partial charge on any atom is 0.296 e. The van der Waals surface area contributed by atoms with Crippen molar-refractivity contribution in [2.24, 2.45) is 0 Å². The molecule has 0 aromatic heterocycles. The van der Waals surface area contributed by atoms with Crippen LogP contribution >= 0.6 is 0 Å². The first kappa shape index (κ1) is 21.5. The van der Waals surface area contributed by atoms with E-state index in [0.717, 1.165) is 12.1 Å². The number of benzene rings is 2. The van der Waals surface area contributed by atoms with E-state index >= 15 is 0 Å². The van der Waals surface area contributed by atoms with Crippen LogP contribution in [0.5, 0.6) is 11.5 Å². The number of aromatic hydroxyl groups is 2. The molecular formula is C18H19N3O8S. The third kappa shape index (κ3) is 4.49. The SMILES string of the molecule is O=[N+]([O-])c1ccc(S(=O)(=O)NC2CCC(c3ccc(O)cc3O)CC2)c([N+](=O)[O-])c1. The molecular weight excluding hydrogens is 418 g/mol. The Kier molecular flexibility index (Phi) is 5.89. The Morgan fingerprint density at radius 1 is 0.933 bits per heavy atom. The van der Waals surface area contributed by atoms with Gasteiger partial charge < -0.3 is 10.2 Å². The number of hydrogen-bond acceptors (Lipinski definition) is 8. The number of non-ortho nitro benzene ring substituents is 1. The van der Waals surface area contributed by atoms with Gasteiger partial charge in [0.05, 0.1) is 15.9 Å². The van der Waals surface area contributed by atoms with Crippen molar-refractivity contribution in [1.29, 1.82) is 0 Å². The maximum absolute atomic E-state index is 12.7. The summed E-state index contributed by atoms with van der Waals surface area (Å²) in [6, 6.07) is 6.26. The molecule has 0 aliphatic heterocycles. The number of nitrogens with one attached hydrogen (secondary N) is 1. The summed E-state index contributed by atoms with van der Waals surface area (Å²) in [5.74, 6) is -0.0945. The number of nitro groups is 2. The molecule has 12 heteroatoms. The summed E-state index contributed by atoms with van der Waals surface area (Å²) in [4.78, 5) is 19.6. The van der Waals surface area contributed by atoms with Crippen molar-refractivity contribution in [3.63, 3.8) is 0 Å². The molecule has 1 aliphatic rings. The molecule has 2 aromatic rings. The van der Waals surface area contributed by atoms with Gasteiger partial charge in [0.25, 0.3) is 11.4 Å². The lowest BCUT2D eigenvalue weighted by atomic mass is 9.81. The summed E-state index contributed by atoms with van der Waals surface area (Å²) in [5.41, 5.74) is -0.769. The van der Waals surface area contributed by atoms with Crippen LogP contribution in [0.25, 0.3) is 0 Å². The summed E-state index contributed by atoms with van der Waals surface area (Å²) in [5, 5.41) is 41.5. The monoisotopic (exact) mass is 437 g/mol. The number of rotatable bonds is 6. The zero-order valence-corrected chi connectivity index (χ0v) is 16.4. The molecule has 30 heavy (non-hydrogen) atoms. The van der Waals surface area contributed by atoms with E-state index in [4.69, 9.17) is 0 Å². The van der Waals surface area contributed by atoms with Gasteiger partial charge in [-0.25, -0.2) is 13.1 Å². The number of phenols is 2. The summed E-state index contributed by atoms with van der Waals surface area (Å²) in [6.07, 6.45) is 2.00. The molecule has 3 rings (SSSR count). The molecule has 0 spiro atoms. The third-order valence-electron chi connectivity index (χ3n) is 5.14. The Bertz CT molecular complexity index is 1090. The lowest BCUT2D eigenvalue weighted by Gasteiger charge is -2.29. The maximum atomic E-state index is 12.7. The van der Waals surface area contributed by atoms with Crippen molar-refractivity contribution in [1.82, 2.24) is 4.72 Å². The highest BCUT2D eigenvalue weighted by atomic mass is 32.2. The molecule has 2 aromatic carbocycles. The predicted molar refractivity (Wildman–Crippen MR) is 105 cm³/mol. The van der Waals surface area contributed by atoms with Gasteiger partial charge in [-0.1, -0.05) is 6.07 Å². The van der Waals surface area contributed by atoms with Crippen molar-refractivity contribution in [3.8, 4) is 11.5 Å². The highest BCUT2D eigenvalue weighted by Crippen LogP contribution is 2.39. The molecule has 0 atom stereocenters. The third-order valence-corrected chi connectivity index (χ3v) is 6.71. The second-order valence-electron chi connectivity index (χ2n) is 7.08. The zero-order valence-electron chi connectivity index (χ0n) is 15.6. The molecule has 0 amide bonds. The van der Waals surface area contributed by atoms with Crippen LogP contribution in [-0.4, -0.2) is 34.5 Å². The van der Waals surface area contributed by atoms with Crippen molar-refractivity contribution in [2.45, 2.75) is 42.5 Å². The Morgan fingerprint density at radius 3 is 2.17 bits per heavy atom. The van der Waals surface area contributed by atoms with E-state index in [9.17, 15) is 38.9 Å². The molecule has 0 heterocycles. The van der Waals surface area contributed by atoms with Gasteiger partial charge in [0.15, 0.2) is 4.90 Å². The highest BCUT2D eigenvalue weighted by Gasteiger charge is 2.32. The lowest BCUT2D eigenvalue weighted by Crippen LogP contribution is -2.37. The number of nitrogens with zero attached hydrogens (tertiary/aromatic N) is 2. The molecule has 1 aliphatic carbocycles. The van der Waals surface area contributed by atoms with Crippen molar-refractivity contribution in [2.75, 3.05) is 0 Å². The minimum atomic E-state index is -4.27. The first-order valence-corrected chi connectivity index (χ1v) is 10.5. The second kappa shape index (κ2) is 8.24. The fourth-order valence-corrected chi connectivity index (χ4v) is 5.13. The van der Waals surface area contributed by atoms with Gasteiger partial charge in [0.2, 0.25) is 10.0 Å². The summed E-state index contributed by atoms with van der Waals surface area (Å²) >= 11 is 0. The quantitative estimate of drug-likeness (QED) is 0.457. The van der Waals surface area contributed by atoms with Gasteiger partial charge in [-0.3, -0.25) is 20.2 Å². The van der Waals surface area contributed by atoms with Crippen LogP contribution < -0.4 is 4.72 Å². The normalized spacial score (nSPS) is 19.3. The van der Waals surface area contributed by atoms with E-state index in [-0.39, 0.29) is 17.4 Å². The topological polar surface area (TPSA) is 173 Å². The van der Waals surface area contributed by atoms with Crippen LogP contribution in [0, 0.1) is 20.2 Å². The van der Waals surface area contributed by atoms with E-state index in [1.165, 1.54) is 12.1 Å². The summed E-state index contributed by atoms with van der Waals surface area (Å²) in [6.45, 7) is 0. The van der Waals surface area contributed by atoms with Crippen LogP contribution in [-0.2, 0) is 10.0 Å². The molecule has 11 nitrogen and oxygen atoms in total. The average Bonchev–Trinajstić information content (AvgIpc) is 2.68. The molecule has 160 valence electrons. The first-order chi connectivity index (χ1) is 14.1. The van der Waals surface area contributed by atoms with Crippen LogP contribution in [0.15, 0.2) is 41.3 Å². The molecule has 3 N–H and O–H groups in total. The van der Waals surface area contributed by atoms with E-state index in [0.29, 0.717) is 37.3 Å². The molecule has 0 saturated heterocycles. The lowest BCUT2D eigenvalue weighted by molar-refractivity contribution is -0.396. The Hall–Kier alpha value is -3.25. The Morgan fingerprint density at radius 2 is 1.60 bits per heavy atom. The number of phenolic OH excluding ortho intramolecular Hbond substituents is 2. The van der Waals surface area contributed by atoms with Gasteiger partial charge in [-0.15, -0.1) is 0 Å². The van der Waals surface area contributed by atoms with Crippen LogP contribution in [0.3, 0.4) is 0 Å². The van der Waals surface area contributed by atoms with Gasteiger partial charge >= 0.3 is 0 Å². The fourth-order valence-electron chi connectivity index (χ4n) is 3.67. The molecule has 0 unspecified atom stereocenters. The van der Waals surface area contributed by atoms with Crippen molar-refractivity contribution in [3.05, 3.63) is 62.2 Å². The van der Waals surface area contributed by atoms with Gasteiger partial charge in [-0.2, -0.15) is 0 Å². The molecule has 0 radical (unpaired) electrons. The summed E-state index contributed by atoms with van der Waals surface area (Å²) < 4.78 is 27.8. The molecule has 1 saturated carbocycles. The second-order valence-corrected chi connectivity index (χ2v) is 8.76. The highest BCUT2D eigenvalue weighted by molar-refractivity contribution is 7.89.